The number of rotatable bonds is 9. The van der Waals surface area contributed by atoms with Crippen LogP contribution in [-0.2, 0) is 20.9 Å². The van der Waals surface area contributed by atoms with E-state index in [2.05, 4.69) is 15.9 Å². The van der Waals surface area contributed by atoms with Gasteiger partial charge in [0.2, 0.25) is 0 Å². The summed E-state index contributed by atoms with van der Waals surface area (Å²) in [6.45, 7) is 2.66. The largest absolute Gasteiger partial charge is 0.489 e. The Morgan fingerprint density at radius 1 is 1.06 bits per heavy atom. The van der Waals surface area contributed by atoms with Gasteiger partial charge in [-0.25, -0.2) is 4.79 Å². The molecule has 0 aromatic heterocycles. The number of amides is 1. The van der Waals surface area contributed by atoms with Crippen LogP contribution in [0.5, 0.6) is 5.75 Å². The van der Waals surface area contributed by atoms with Crippen molar-refractivity contribution < 1.29 is 19.1 Å². The van der Waals surface area contributed by atoms with E-state index in [0.29, 0.717) is 27.8 Å². The molecule has 36 heavy (non-hydrogen) atoms. The van der Waals surface area contributed by atoms with Gasteiger partial charge in [-0.2, -0.15) is 0 Å². The summed E-state index contributed by atoms with van der Waals surface area (Å²) in [6.07, 6.45) is 2.46. The zero-order chi connectivity index (χ0) is 25.5. The Morgan fingerprint density at radius 2 is 1.75 bits per heavy atom. The minimum atomic E-state index is -0.925. The Kier molecular flexibility index (Phi) is 8.96. The zero-order valence-corrected chi connectivity index (χ0v) is 22.8. The lowest BCUT2D eigenvalue weighted by molar-refractivity contribution is -0.151. The van der Waals surface area contributed by atoms with E-state index >= 15 is 0 Å². The SMILES string of the molecule is CCCOC(=O)C(c1ccccc1)N1C(=O)/C(=C\c2ccc(OCc3ccc(Br)cc3)cc2)SC1=S. The number of halogens is 1. The maximum Gasteiger partial charge on any atom is 0.333 e. The third-order valence-corrected chi connectivity index (χ3v) is 7.22. The molecular weight excluding hydrogens is 558 g/mol. The summed E-state index contributed by atoms with van der Waals surface area (Å²) in [5.41, 5.74) is 2.55. The quantitative estimate of drug-likeness (QED) is 0.155. The van der Waals surface area contributed by atoms with Crippen molar-refractivity contribution in [2.45, 2.75) is 26.0 Å². The number of carbonyl (C=O) groups is 2. The minimum absolute atomic E-state index is 0.281. The predicted octanol–water partition coefficient (Wildman–Crippen LogP) is 6.92. The lowest BCUT2D eigenvalue weighted by atomic mass is 10.1. The molecule has 1 fully saturated rings. The van der Waals surface area contributed by atoms with Gasteiger partial charge in [0.1, 0.15) is 16.7 Å². The van der Waals surface area contributed by atoms with Gasteiger partial charge in [-0.1, -0.05) is 101 Å². The van der Waals surface area contributed by atoms with Crippen LogP contribution in [0.25, 0.3) is 6.08 Å². The second kappa shape index (κ2) is 12.3. The molecule has 184 valence electrons. The summed E-state index contributed by atoms with van der Waals surface area (Å²) >= 11 is 10.1. The third-order valence-electron chi connectivity index (χ3n) is 5.37. The maximum atomic E-state index is 13.4. The molecular formula is C28H24BrNO4S2. The molecule has 1 amide bonds. The minimum Gasteiger partial charge on any atom is -0.489 e. The van der Waals surface area contributed by atoms with Gasteiger partial charge in [0.15, 0.2) is 6.04 Å². The summed E-state index contributed by atoms with van der Waals surface area (Å²) < 4.78 is 12.6. The average Bonchev–Trinajstić information content (AvgIpc) is 3.16. The number of esters is 1. The molecule has 3 aromatic carbocycles. The summed E-state index contributed by atoms with van der Waals surface area (Å²) in [7, 11) is 0. The highest BCUT2D eigenvalue weighted by atomic mass is 79.9. The van der Waals surface area contributed by atoms with Gasteiger partial charge in [-0.15, -0.1) is 0 Å². The standard InChI is InChI=1S/C28H24BrNO4S2/c1-2-16-33-27(32)25(21-6-4-3-5-7-21)30-26(31)24(36-28(30)35)17-19-10-14-23(15-11-19)34-18-20-8-12-22(29)13-9-20/h3-15,17,25H,2,16,18H2,1H3/b24-17+. The van der Waals surface area contributed by atoms with E-state index in [4.69, 9.17) is 21.7 Å². The van der Waals surface area contributed by atoms with Gasteiger partial charge in [0, 0.05) is 4.47 Å². The Hall–Kier alpha value is -2.94. The van der Waals surface area contributed by atoms with Gasteiger partial charge >= 0.3 is 5.97 Å². The zero-order valence-electron chi connectivity index (χ0n) is 19.6. The first kappa shape index (κ1) is 26.1. The summed E-state index contributed by atoms with van der Waals surface area (Å²) in [5.74, 6) is -0.0822. The normalized spacial score (nSPS) is 15.3. The summed E-state index contributed by atoms with van der Waals surface area (Å²) in [6, 6.07) is 23.6. The molecule has 1 heterocycles. The molecule has 1 aliphatic rings. The fourth-order valence-corrected chi connectivity index (χ4v) is 5.15. The highest BCUT2D eigenvalue weighted by Crippen LogP contribution is 2.39. The van der Waals surface area contributed by atoms with E-state index in [9.17, 15) is 9.59 Å². The van der Waals surface area contributed by atoms with E-state index < -0.39 is 12.0 Å². The van der Waals surface area contributed by atoms with E-state index in [1.54, 1.807) is 18.2 Å². The van der Waals surface area contributed by atoms with Crippen LogP contribution >= 0.6 is 39.9 Å². The fraction of sp³-hybridized carbons (Fsp3) is 0.179. The van der Waals surface area contributed by atoms with Crippen LogP contribution in [0.3, 0.4) is 0 Å². The molecule has 0 saturated carbocycles. The van der Waals surface area contributed by atoms with Crippen LogP contribution in [0.15, 0.2) is 88.2 Å². The Morgan fingerprint density at radius 3 is 2.42 bits per heavy atom. The molecule has 8 heteroatoms. The average molecular weight is 583 g/mol. The number of carbonyl (C=O) groups excluding carboxylic acids is 2. The molecule has 0 N–H and O–H groups in total. The van der Waals surface area contributed by atoms with Crippen LogP contribution in [0, 0.1) is 0 Å². The number of benzene rings is 3. The first-order valence-electron chi connectivity index (χ1n) is 11.4. The van der Waals surface area contributed by atoms with Crippen molar-refractivity contribution >= 4 is 62.2 Å². The Labute approximate surface area is 228 Å². The first-order valence-corrected chi connectivity index (χ1v) is 13.4. The molecule has 0 spiro atoms. The van der Waals surface area contributed by atoms with Crippen molar-refractivity contribution in [2.75, 3.05) is 6.61 Å². The van der Waals surface area contributed by atoms with E-state index in [-0.39, 0.29) is 12.5 Å². The van der Waals surface area contributed by atoms with E-state index in [1.807, 2.05) is 73.7 Å². The van der Waals surface area contributed by atoms with Gasteiger partial charge < -0.3 is 9.47 Å². The van der Waals surface area contributed by atoms with Crippen LogP contribution in [-0.4, -0.2) is 27.7 Å². The van der Waals surface area contributed by atoms with Gasteiger partial charge in [0.25, 0.3) is 5.91 Å². The van der Waals surface area contributed by atoms with Crippen molar-refractivity contribution in [1.82, 2.24) is 4.90 Å². The first-order chi connectivity index (χ1) is 17.5. The number of thiocarbonyl (C=S) groups is 1. The molecule has 3 aromatic rings. The van der Waals surface area contributed by atoms with Gasteiger partial charge in [0.05, 0.1) is 11.5 Å². The molecule has 1 aliphatic heterocycles. The molecule has 0 bridgehead atoms. The van der Waals surface area contributed by atoms with Crippen LogP contribution in [0.2, 0.25) is 0 Å². The molecule has 4 rings (SSSR count). The van der Waals surface area contributed by atoms with Crippen molar-refractivity contribution in [3.05, 3.63) is 105 Å². The van der Waals surface area contributed by atoms with Crippen molar-refractivity contribution in [3.8, 4) is 5.75 Å². The Balaban J connectivity index is 1.49. The fourth-order valence-electron chi connectivity index (χ4n) is 3.57. The van der Waals surface area contributed by atoms with Crippen LogP contribution in [0.1, 0.15) is 36.1 Å². The predicted molar refractivity (Wildman–Crippen MR) is 150 cm³/mol. The topological polar surface area (TPSA) is 55.8 Å². The monoisotopic (exact) mass is 581 g/mol. The smallest absolute Gasteiger partial charge is 0.333 e. The number of ether oxygens (including phenoxy) is 2. The highest BCUT2D eigenvalue weighted by molar-refractivity contribution is 9.10. The second-order valence-corrected chi connectivity index (χ2v) is 10.6. The molecule has 1 atom stereocenters. The number of thioether (sulfide) groups is 1. The summed E-state index contributed by atoms with van der Waals surface area (Å²) in [4.78, 5) is 28.1. The van der Waals surface area contributed by atoms with E-state index in [1.165, 1.54) is 16.7 Å². The lowest BCUT2D eigenvalue weighted by Crippen LogP contribution is -2.38. The van der Waals surface area contributed by atoms with Crippen molar-refractivity contribution in [1.29, 1.82) is 0 Å². The lowest BCUT2D eigenvalue weighted by Gasteiger charge is -2.25. The highest BCUT2D eigenvalue weighted by Gasteiger charge is 2.42. The van der Waals surface area contributed by atoms with Crippen LogP contribution in [0.4, 0.5) is 0 Å². The molecule has 5 nitrogen and oxygen atoms in total. The van der Waals surface area contributed by atoms with E-state index in [0.717, 1.165) is 21.3 Å². The summed E-state index contributed by atoms with van der Waals surface area (Å²) in [5, 5.41) is 0. The van der Waals surface area contributed by atoms with Gasteiger partial charge in [-0.3, -0.25) is 9.69 Å². The Bertz CT molecular complexity index is 1260. The molecule has 1 saturated heterocycles. The molecule has 1 unspecified atom stereocenters. The third kappa shape index (κ3) is 6.43. The number of hydrogen-bond donors (Lipinski definition) is 0. The van der Waals surface area contributed by atoms with Crippen molar-refractivity contribution in [3.63, 3.8) is 0 Å². The maximum absolute atomic E-state index is 13.4. The number of nitrogens with zero attached hydrogens (tertiary/aromatic N) is 1. The molecule has 0 radical (unpaired) electrons. The van der Waals surface area contributed by atoms with Crippen LogP contribution < -0.4 is 4.74 Å². The number of hydrogen-bond acceptors (Lipinski definition) is 6. The second-order valence-electron chi connectivity index (χ2n) is 8.02. The van der Waals surface area contributed by atoms with Gasteiger partial charge in [-0.05, 0) is 53.5 Å². The molecule has 0 aliphatic carbocycles. The van der Waals surface area contributed by atoms with Crippen molar-refractivity contribution in [2.24, 2.45) is 0 Å².